The van der Waals surface area contributed by atoms with Crippen LogP contribution in [-0.2, 0) is 0 Å². The molecule has 22 heavy (non-hydrogen) atoms. The van der Waals surface area contributed by atoms with Gasteiger partial charge in [-0.1, -0.05) is 13.0 Å². The third-order valence-corrected chi connectivity index (χ3v) is 3.94. The number of likely N-dealkylation sites (tertiary alicyclic amines) is 1. The molecule has 6 heteroatoms. The number of hydrogen-bond donors (Lipinski definition) is 2. The number of guanidine groups is 1. The van der Waals surface area contributed by atoms with Gasteiger partial charge in [0.25, 0.3) is 0 Å². The van der Waals surface area contributed by atoms with Gasteiger partial charge in [-0.15, -0.1) is 24.0 Å². The van der Waals surface area contributed by atoms with E-state index in [1.54, 1.807) is 7.11 Å². The second-order valence-corrected chi connectivity index (χ2v) is 5.39. The molecule has 1 heterocycles. The van der Waals surface area contributed by atoms with Gasteiger partial charge in [-0.05, 0) is 44.5 Å². The Kier molecular flexibility index (Phi) is 8.55. The monoisotopic (exact) mass is 418 g/mol. The van der Waals surface area contributed by atoms with E-state index in [0.717, 1.165) is 24.4 Å². The van der Waals surface area contributed by atoms with Crippen LogP contribution in [0, 0.1) is 0 Å². The van der Waals surface area contributed by atoms with Gasteiger partial charge in [0.2, 0.25) is 0 Å². The molecule has 1 aromatic carbocycles. The molecule has 0 aliphatic carbocycles. The Morgan fingerprint density at radius 1 is 1.41 bits per heavy atom. The first-order valence-electron chi connectivity index (χ1n) is 7.68. The summed E-state index contributed by atoms with van der Waals surface area (Å²) in [5, 5.41) is 3.12. The molecular formula is C16H27IN4O. The van der Waals surface area contributed by atoms with E-state index in [2.05, 4.69) is 22.1 Å². The van der Waals surface area contributed by atoms with Crippen LogP contribution in [-0.4, -0.2) is 43.6 Å². The summed E-state index contributed by atoms with van der Waals surface area (Å²) in [4.78, 5) is 7.01. The molecule has 0 spiro atoms. The SMILES string of the molecule is CCC(CN=C(N)Nc1cccc(OC)c1)N1CCCC1.I. The Morgan fingerprint density at radius 2 is 2.14 bits per heavy atom. The zero-order chi connectivity index (χ0) is 15.1. The van der Waals surface area contributed by atoms with E-state index >= 15 is 0 Å². The maximum absolute atomic E-state index is 5.98. The first-order valence-corrected chi connectivity index (χ1v) is 7.68. The number of hydrogen-bond acceptors (Lipinski definition) is 3. The van der Waals surface area contributed by atoms with Crippen LogP contribution in [0.15, 0.2) is 29.3 Å². The fourth-order valence-corrected chi connectivity index (χ4v) is 2.70. The van der Waals surface area contributed by atoms with Crippen molar-refractivity contribution in [3.8, 4) is 5.75 Å². The second-order valence-electron chi connectivity index (χ2n) is 5.39. The Balaban J connectivity index is 0.00000242. The highest BCUT2D eigenvalue weighted by Gasteiger charge is 2.19. The van der Waals surface area contributed by atoms with Gasteiger partial charge in [0.05, 0.1) is 13.7 Å². The Morgan fingerprint density at radius 3 is 2.77 bits per heavy atom. The van der Waals surface area contributed by atoms with E-state index in [1.807, 2.05) is 24.3 Å². The molecule has 0 amide bonds. The van der Waals surface area contributed by atoms with Gasteiger partial charge < -0.3 is 15.8 Å². The molecule has 1 fully saturated rings. The molecule has 124 valence electrons. The summed E-state index contributed by atoms with van der Waals surface area (Å²) in [6.45, 7) is 5.35. The van der Waals surface area contributed by atoms with E-state index in [4.69, 9.17) is 10.5 Å². The molecule has 1 atom stereocenters. The summed E-state index contributed by atoms with van der Waals surface area (Å²) in [5.74, 6) is 1.26. The van der Waals surface area contributed by atoms with Crippen molar-refractivity contribution in [1.82, 2.24) is 4.90 Å². The third-order valence-electron chi connectivity index (χ3n) is 3.94. The number of nitrogens with one attached hydrogen (secondary N) is 1. The highest BCUT2D eigenvalue weighted by Crippen LogP contribution is 2.17. The van der Waals surface area contributed by atoms with Gasteiger partial charge in [0.15, 0.2) is 5.96 Å². The van der Waals surface area contributed by atoms with Gasteiger partial charge in [-0.3, -0.25) is 9.89 Å². The predicted molar refractivity (Wildman–Crippen MR) is 103 cm³/mol. The lowest BCUT2D eigenvalue weighted by molar-refractivity contribution is 0.242. The maximum Gasteiger partial charge on any atom is 0.193 e. The molecule has 1 aliphatic heterocycles. The van der Waals surface area contributed by atoms with Crippen LogP contribution in [0.5, 0.6) is 5.75 Å². The lowest BCUT2D eigenvalue weighted by Gasteiger charge is -2.24. The topological polar surface area (TPSA) is 62.9 Å². The summed E-state index contributed by atoms with van der Waals surface area (Å²) in [6.07, 6.45) is 3.71. The van der Waals surface area contributed by atoms with Gasteiger partial charge in [0, 0.05) is 17.8 Å². The van der Waals surface area contributed by atoms with Crippen LogP contribution in [0.1, 0.15) is 26.2 Å². The molecular weight excluding hydrogens is 391 g/mol. The van der Waals surface area contributed by atoms with Crippen LogP contribution in [0.2, 0.25) is 0 Å². The number of nitrogens with two attached hydrogens (primary N) is 1. The smallest absolute Gasteiger partial charge is 0.193 e. The van der Waals surface area contributed by atoms with Crippen LogP contribution in [0.4, 0.5) is 5.69 Å². The summed E-state index contributed by atoms with van der Waals surface area (Å²) in [7, 11) is 1.65. The number of benzene rings is 1. The van der Waals surface area contributed by atoms with Gasteiger partial charge >= 0.3 is 0 Å². The molecule has 3 N–H and O–H groups in total. The number of methoxy groups -OCH3 is 1. The van der Waals surface area contributed by atoms with Crippen molar-refractivity contribution < 1.29 is 4.74 Å². The van der Waals surface area contributed by atoms with Crippen molar-refractivity contribution in [3.63, 3.8) is 0 Å². The van der Waals surface area contributed by atoms with Gasteiger partial charge in [-0.2, -0.15) is 0 Å². The lowest BCUT2D eigenvalue weighted by Crippen LogP contribution is -2.35. The van der Waals surface area contributed by atoms with Gasteiger partial charge in [-0.25, -0.2) is 0 Å². The first-order chi connectivity index (χ1) is 10.2. The van der Waals surface area contributed by atoms with E-state index in [-0.39, 0.29) is 24.0 Å². The van der Waals surface area contributed by atoms with E-state index in [9.17, 15) is 0 Å². The fourth-order valence-electron chi connectivity index (χ4n) is 2.70. The number of rotatable bonds is 6. The van der Waals surface area contributed by atoms with Crippen molar-refractivity contribution in [2.75, 3.05) is 32.1 Å². The molecule has 5 nitrogen and oxygen atoms in total. The molecule has 1 aliphatic rings. The highest BCUT2D eigenvalue weighted by molar-refractivity contribution is 14.0. The minimum Gasteiger partial charge on any atom is -0.497 e. The Bertz CT molecular complexity index is 475. The molecule has 1 unspecified atom stereocenters. The molecule has 0 bridgehead atoms. The minimum absolute atomic E-state index is 0. The number of nitrogens with zero attached hydrogens (tertiary/aromatic N) is 2. The summed E-state index contributed by atoms with van der Waals surface area (Å²) in [5.41, 5.74) is 6.87. The van der Waals surface area contributed by atoms with Crippen LogP contribution in [0.25, 0.3) is 0 Å². The van der Waals surface area contributed by atoms with Crippen molar-refractivity contribution in [2.24, 2.45) is 10.7 Å². The number of ether oxygens (including phenoxy) is 1. The summed E-state index contributed by atoms with van der Waals surface area (Å²) < 4.78 is 5.19. The first kappa shape index (κ1) is 19.0. The van der Waals surface area contributed by atoms with Crippen molar-refractivity contribution in [3.05, 3.63) is 24.3 Å². The van der Waals surface area contributed by atoms with Crippen molar-refractivity contribution in [2.45, 2.75) is 32.2 Å². The zero-order valence-electron chi connectivity index (χ0n) is 13.4. The van der Waals surface area contributed by atoms with E-state index < -0.39 is 0 Å². The normalized spacial score (nSPS) is 16.9. The molecule has 0 aromatic heterocycles. The number of anilines is 1. The quantitative estimate of drug-likeness (QED) is 0.424. The van der Waals surface area contributed by atoms with E-state index in [0.29, 0.717) is 12.0 Å². The van der Waals surface area contributed by atoms with Crippen molar-refractivity contribution >= 4 is 35.6 Å². The molecule has 1 saturated heterocycles. The Labute approximate surface area is 150 Å². The second kappa shape index (κ2) is 9.89. The lowest BCUT2D eigenvalue weighted by atomic mass is 10.2. The average Bonchev–Trinajstić information content (AvgIpc) is 3.02. The number of halogens is 1. The van der Waals surface area contributed by atoms with E-state index in [1.165, 1.54) is 25.9 Å². The Hall–Kier alpha value is -1.02. The summed E-state index contributed by atoms with van der Waals surface area (Å²) >= 11 is 0. The summed E-state index contributed by atoms with van der Waals surface area (Å²) in [6, 6.07) is 8.17. The fraction of sp³-hybridized carbons (Fsp3) is 0.562. The number of aliphatic imine (C=N–C) groups is 1. The maximum atomic E-state index is 5.98. The van der Waals surface area contributed by atoms with Crippen LogP contribution in [0.3, 0.4) is 0 Å². The van der Waals surface area contributed by atoms with Crippen molar-refractivity contribution in [1.29, 1.82) is 0 Å². The van der Waals surface area contributed by atoms with Crippen LogP contribution >= 0.6 is 24.0 Å². The average molecular weight is 418 g/mol. The molecule has 0 saturated carbocycles. The van der Waals surface area contributed by atoms with Crippen LogP contribution < -0.4 is 15.8 Å². The third kappa shape index (κ3) is 5.64. The molecule has 2 rings (SSSR count). The highest BCUT2D eigenvalue weighted by atomic mass is 127. The largest absolute Gasteiger partial charge is 0.497 e. The zero-order valence-corrected chi connectivity index (χ0v) is 15.7. The minimum atomic E-state index is 0. The predicted octanol–water partition coefficient (Wildman–Crippen LogP) is 2.91. The standard InChI is InChI=1S/C16H26N4O.HI/c1-3-14(20-9-4-5-10-20)12-18-16(17)19-13-7-6-8-15(11-13)21-2;/h6-8,11,14H,3-5,9-10,12H2,1-2H3,(H3,17,18,19);1H. The molecule has 1 aromatic rings. The molecule has 0 radical (unpaired) electrons. The van der Waals surface area contributed by atoms with Gasteiger partial charge in [0.1, 0.15) is 5.75 Å².